The number of ether oxygens (including phenoxy) is 2. The van der Waals surface area contributed by atoms with E-state index in [1.807, 2.05) is 0 Å². The third kappa shape index (κ3) is 2.63. The Labute approximate surface area is 132 Å². The van der Waals surface area contributed by atoms with Crippen molar-refractivity contribution in [3.63, 3.8) is 0 Å². The van der Waals surface area contributed by atoms with Crippen molar-refractivity contribution in [2.45, 2.75) is 18.5 Å². The smallest absolute Gasteiger partial charge is 0.341 e. The Morgan fingerprint density at radius 3 is 2.22 bits per heavy atom. The Morgan fingerprint density at radius 1 is 1.17 bits per heavy atom. The van der Waals surface area contributed by atoms with Crippen LogP contribution in [0.15, 0.2) is 41.5 Å². The van der Waals surface area contributed by atoms with Crippen LogP contribution < -0.4 is 5.32 Å². The summed E-state index contributed by atoms with van der Waals surface area (Å²) in [5, 5.41) is 14.4. The van der Waals surface area contributed by atoms with E-state index in [9.17, 15) is 19.7 Å². The predicted octanol–water partition coefficient (Wildman–Crippen LogP) is 1.16. The molecule has 1 aromatic carbocycles. The number of anilines is 1. The summed E-state index contributed by atoms with van der Waals surface area (Å²) in [7, 11) is 2.24. The van der Waals surface area contributed by atoms with E-state index in [2.05, 4.69) is 14.8 Å². The normalized spacial score (nSPS) is 22.8. The van der Waals surface area contributed by atoms with Gasteiger partial charge in [0.15, 0.2) is 0 Å². The molecule has 0 aromatic heterocycles. The van der Waals surface area contributed by atoms with Gasteiger partial charge < -0.3 is 14.8 Å². The van der Waals surface area contributed by atoms with E-state index >= 15 is 0 Å². The number of nitrogens with zero attached hydrogens (tertiary/aromatic N) is 1. The Bertz CT molecular complexity index is 684. The molecule has 0 heterocycles. The Kier molecular flexibility index (Phi) is 4.35. The molecule has 0 fully saturated rings. The standard InChI is InChI=1S/C15H16N2O6/c1-15(16-9-7-5-4-6-8-9)11(14(19)23-3)10(13(18)22-2)12(15)17(20)21/h4-8,12,16H,1-3H3. The molecule has 0 amide bonds. The van der Waals surface area contributed by atoms with Gasteiger partial charge in [0, 0.05) is 10.6 Å². The van der Waals surface area contributed by atoms with Gasteiger partial charge in [0.1, 0.15) is 11.1 Å². The first-order valence-corrected chi connectivity index (χ1v) is 6.74. The number of nitro groups is 1. The molecule has 2 atom stereocenters. The molecule has 0 bridgehead atoms. The highest BCUT2D eigenvalue weighted by Gasteiger charge is 2.64. The average molecular weight is 320 g/mol. The third-order valence-corrected chi connectivity index (χ3v) is 3.79. The first-order valence-electron chi connectivity index (χ1n) is 6.74. The first-order chi connectivity index (χ1) is 10.9. The zero-order valence-electron chi connectivity index (χ0n) is 12.9. The van der Waals surface area contributed by atoms with Gasteiger partial charge in [-0.3, -0.25) is 10.1 Å². The van der Waals surface area contributed by atoms with Crippen molar-refractivity contribution in [1.29, 1.82) is 0 Å². The topological polar surface area (TPSA) is 108 Å². The van der Waals surface area contributed by atoms with E-state index in [1.54, 1.807) is 30.3 Å². The Balaban J connectivity index is 2.54. The molecule has 1 aliphatic carbocycles. The summed E-state index contributed by atoms with van der Waals surface area (Å²) in [6.45, 7) is 1.48. The molecule has 8 nitrogen and oxygen atoms in total. The van der Waals surface area contributed by atoms with Gasteiger partial charge in [-0.2, -0.15) is 0 Å². The highest BCUT2D eigenvalue weighted by atomic mass is 16.6. The van der Waals surface area contributed by atoms with Crippen LogP contribution in [0.5, 0.6) is 0 Å². The van der Waals surface area contributed by atoms with E-state index in [0.717, 1.165) is 14.2 Å². The fraction of sp³-hybridized carbons (Fsp3) is 0.333. The largest absolute Gasteiger partial charge is 0.466 e. The van der Waals surface area contributed by atoms with E-state index in [-0.39, 0.29) is 11.1 Å². The van der Waals surface area contributed by atoms with Crippen molar-refractivity contribution in [2.75, 3.05) is 19.5 Å². The fourth-order valence-electron chi connectivity index (χ4n) is 2.78. The van der Waals surface area contributed by atoms with Crippen LogP contribution in [0.1, 0.15) is 6.92 Å². The molecule has 1 aliphatic rings. The highest BCUT2D eigenvalue weighted by Crippen LogP contribution is 2.44. The summed E-state index contributed by atoms with van der Waals surface area (Å²) in [6, 6.07) is 7.25. The van der Waals surface area contributed by atoms with Gasteiger partial charge in [0.2, 0.25) is 0 Å². The van der Waals surface area contributed by atoms with Crippen molar-refractivity contribution in [3.8, 4) is 0 Å². The zero-order valence-corrected chi connectivity index (χ0v) is 12.9. The lowest BCUT2D eigenvalue weighted by atomic mass is 9.67. The molecule has 1 aromatic rings. The quantitative estimate of drug-likeness (QED) is 0.492. The summed E-state index contributed by atoms with van der Waals surface area (Å²) >= 11 is 0. The monoisotopic (exact) mass is 320 g/mol. The van der Waals surface area contributed by atoms with Gasteiger partial charge in [0.25, 0.3) is 6.04 Å². The second kappa shape index (κ2) is 6.07. The average Bonchev–Trinajstić information content (AvgIpc) is 2.52. The number of esters is 2. The van der Waals surface area contributed by atoms with Crippen LogP contribution in [0.25, 0.3) is 0 Å². The minimum Gasteiger partial charge on any atom is -0.466 e. The van der Waals surface area contributed by atoms with Crippen molar-refractivity contribution in [3.05, 3.63) is 51.6 Å². The van der Waals surface area contributed by atoms with Gasteiger partial charge in [-0.25, -0.2) is 9.59 Å². The fourth-order valence-corrected chi connectivity index (χ4v) is 2.78. The number of carbonyl (C=O) groups is 2. The van der Waals surface area contributed by atoms with Gasteiger partial charge in [-0.15, -0.1) is 0 Å². The molecule has 0 saturated carbocycles. The molecule has 0 spiro atoms. The van der Waals surface area contributed by atoms with Gasteiger partial charge in [-0.1, -0.05) is 18.2 Å². The van der Waals surface area contributed by atoms with Crippen molar-refractivity contribution >= 4 is 17.6 Å². The molecule has 8 heteroatoms. The molecule has 2 unspecified atom stereocenters. The third-order valence-electron chi connectivity index (χ3n) is 3.79. The molecule has 122 valence electrons. The number of carbonyl (C=O) groups excluding carboxylic acids is 2. The number of rotatable bonds is 5. The maximum atomic E-state index is 12.0. The molecule has 0 saturated heterocycles. The number of nitrogens with one attached hydrogen (secondary N) is 1. The summed E-state index contributed by atoms with van der Waals surface area (Å²) < 4.78 is 9.24. The lowest BCUT2D eigenvalue weighted by Crippen LogP contribution is -2.64. The summed E-state index contributed by atoms with van der Waals surface area (Å²) in [6.07, 6.45) is 0. The first kappa shape index (κ1) is 16.5. The predicted molar refractivity (Wildman–Crippen MR) is 80.3 cm³/mol. The second-order valence-corrected chi connectivity index (χ2v) is 5.15. The molecule has 23 heavy (non-hydrogen) atoms. The van der Waals surface area contributed by atoms with Crippen molar-refractivity contribution in [2.24, 2.45) is 0 Å². The van der Waals surface area contributed by atoms with Crippen LogP contribution in [-0.4, -0.2) is 42.7 Å². The maximum Gasteiger partial charge on any atom is 0.341 e. The minimum absolute atomic E-state index is 0.0996. The van der Waals surface area contributed by atoms with Crippen molar-refractivity contribution in [1.82, 2.24) is 0 Å². The van der Waals surface area contributed by atoms with Gasteiger partial charge in [0.05, 0.1) is 19.8 Å². The minimum atomic E-state index is -1.43. The number of hydrogen-bond donors (Lipinski definition) is 1. The van der Waals surface area contributed by atoms with E-state index < -0.39 is 28.4 Å². The van der Waals surface area contributed by atoms with Crippen LogP contribution >= 0.6 is 0 Å². The number of benzene rings is 1. The molecule has 0 aliphatic heterocycles. The molecular formula is C15H16N2O6. The molecule has 1 N–H and O–H groups in total. The Hall–Kier alpha value is -2.90. The van der Waals surface area contributed by atoms with Crippen LogP contribution in [0.4, 0.5) is 5.69 Å². The van der Waals surface area contributed by atoms with Crippen molar-refractivity contribution < 1.29 is 24.0 Å². The SMILES string of the molecule is COC(=O)C1=C(C(=O)OC)C(C)(Nc2ccccc2)C1[N+](=O)[O-]. The Morgan fingerprint density at radius 2 is 1.74 bits per heavy atom. The van der Waals surface area contributed by atoms with Crippen LogP contribution in [0.2, 0.25) is 0 Å². The summed E-state index contributed by atoms with van der Waals surface area (Å²) in [4.78, 5) is 34.7. The maximum absolute atomic E-state index is 12.0. The highest BCUT2D eigenvalue weighted by molar-refractivity contribution is 6.07. The summed E-state index contributed by atoms with van der Waals surface area (Å²) in [5.41, 5.74) is -1.21. The van der Waals surface area contributed by atoms with E-state index in [4.69, 9.17) is 0 Å². The number of hydrogen-bond acceptors (Lipinski definition) is 7. The van der Waals surface area contributed by atoms with E-state index in [1.165, 1.54) is 6.92 Å². The molecular weight excluding hydrogens is 304 g/mol. The number of methoxy groups -OCH3 is 2. The lowest BCUT2D eigenvalue weighted by molar-refractivity contribution is -0.523. The van der Waals surface area contributed by atoms with Gasteiger partial charge >= 0.3 is 11.9 Å². The van der Waals surface area contributed by atoms with Gasteiger partial charge in [-0.05, 0) is 19.1 Å². The van der Waals surface area contributed by atoms with Crippen LogP contribution in [-0.2, 0) is 19.1 Å². The molecule has 0 radical (unpaired) electrons. The molecule has 2 rings (SSSR count). The lowest BCUT2D eigenvalue weighted by Gasteiger charge is -2.43. The van der Waals surface area contributed by atoms with Crippen LogP contribution in [0, 0.1) is 10.1 Å². The second-order valence-electron chi connectivity index (χ2n) is 5.15. The zero-order chi connectivity index (χ0) is 17.2. The summed E-state index contributed by atoms with van der Waals surface area (Å²) in [5.74, 6) is -1.73. The van der Waals surface area contributed by atoms with E-state index in [0.29, 0.717) is 5.69 Å². The van der Waals surface area contributed by atoms with Crippen LogP contribution in [0.3, 0.4) is 0 Å². The number of para-hydroxylation sites is 1.